The average molecular weight is 784 g/mol. The summed E-state index contributed by atoms with van der Waals surface area (Å²) in [5.41, 5.74) is 8.74. The van der Waals surface area contributed by atoms with Gasteiger partial charge < -0.3 is 20.0 Å². The van der Waals surface area contributed by atoms with Gasteiger partial charge in [-0.1, -0.05) is 30.3 Å². The third-order valence-electron chi connectivity index (χ3n) is 13.8. The highest BCUT2D eigenvalue weighted by molar-refractivity contribution is 6.05. The summed E-state index contributed by atoms with van der Waals surface area (Å²) in [6.07, 6.45) is 2.81. The molecule has 58 heavy (non-hydrogen) atoms. The lowest BCUT2D eigenvalue weighted by molar-refractivity contribution is -0.146. The van der Waals surface area contributed by atoms with E-state index in [1.165, 1.54) is 21.7 Å². The number of aliphatic hydroxyl groups is 1. The van der Waals surface area contributed by atoms with Crippen LogP contribution >= 0.6 is 0 Å². The maximum Gasteiger partial charge on any atom is 0.257 e. The second-order valence-electron chi connectivity index (χ2n) is 17.3. The Balaban J connectivity index is 0.740. The Morgan fingerprint density at radius 1 is 0.810 bits per heavy atom. The number of aryl methyl sites for hydroxylation is 1. The van der Waals surface area contributed by atoms with Gasteiger partial charge in [0.2, 0.25) is 17.7 Å². The maximum atomic E-state index is 13.9. The van der Waals surface area contributed by atoms with E-state index in [9.17, 15) is 33.8 Å². The van der Waals surface area contributed by atoms with Crippen LogP contribution in [0.5, 0.6) is 5.75 Å². The van der Waals surface area contributed by atoms with E-state index in [-0.39, 0.29) is 60.0 Å². The zero-order chi connectivity index (χ0) is 39.9. The molecular weight excluding hydrogens is 738 g/mol. The van der Waals surface area contributed by atoms with Gasteiger partial charge in [0.15, 0.2) is 6.23 Å². The molecule has 10 rings (SSSR count). The minimum atomic E-state index is -1.27. The number of anilines is 1. The van der Waals surface area contributed by atoms with Gasteiger partial charge in [-0.25, -0.2) is 4.39 Å². The monoisotopic (exact) mass is 783 g/mol. The quantitative estimate of drug-likeness (QED) is 0.231. The molecule has 3 N–H and O–H groups in total. The van der Waals surface area contributed by atoms with Gasteiger partial charge in [0.25, 0.3) is 5.91 Å². The number of carbonyl (C=O) groups is 4. The lowest BCUT2D eigenvalue weighted by Gasteiger charge is -2.54. The first-order valence-electron chi connectivity index (χ1n) is 20.4. The summed E-state index contributed by atoms with van der Waals surface area (Å²) in [6.45, 7) is 4.68. The van der Waals surface area contributed by atoms with Crippen LogP contribution in [0.3, 0.4) is 0 Å². The summed E-state index contributed by atoms with van der Waals surface area (Å²) in [6, 6.07) is 24.2. The lowest BCUT2D eigenvalue weighted by atomic mass is 9.69. The van der Waals surface area contributed by atoms with E-state index in [1.807, 2.05) is 35.2 Å². The van der Waals surface area contributed by atoms with Gasteiger partial charge in [0, 0.05) is 73.8 Å². The number of rotatable bonds is 6. The van der Waals surface area contributed by atoms with Crippen molar-refractivity contribution < 1.29 is 33.8 Å². The number of hydrogen-bond acceptors (Lipinski definition) is 8. The Kier molecular flexibility index (Phi) is 8.90. The largest absolute Gasteiger partial charge is 0.508 e. The number of halogens is 1. The maximum absolute atomic E-state index is 13.9. The fraction of sp³-hybridized carbons (Fsp3) is 0.391. The van der Waals surface area contributed by atoms with Crippen LogP contribution in [0.15, 0.2) is 78.9 Å². The number of piperidine rings is 2. The van der Waals surface area contributed by atoms with Crippen molar-refractivity contribution >= 4 is 29.3 Å². The summed E-state index contributed by atoms with van der Waals surface area (Å²) in [5, 5.41) is 23.6. The molecule has 1 spiro atoms. The molecular formula is C46H46FN5O6. The number of nitrogens with one attached hydrogen (secondary N) is 1. The Hall–Kier alpha value is -5.59. The smallest absolute Gasteiger partial charge is 0.257 e. The zero-order valence-corrected chi connectivity index (χ0v) is 32.2. The van der Waals surface area contributed by atoms with Gasteiger partial charge in [-0.05, 0) is 120 Å². The third-order valence-corrected chi connectivity index (χ3v) is 13.8. The van der Waals surface area contributed by atoms with Gasteiger partial charge in [-0.2, -0.15) is 0 Å². The van der Waals surface area contributed by atoms with Gasteiger partial charge in [-0.3, -0.25) is 34.3 Å². The molecule has 3 saturated heterocycles. The van der Waals surface area contributed by atoms with Crippen LogP contribution in [0.2, 0.25) is 0 Å². The van der Waals surface area contributed by atoms with Crippen molar-refractivity contribution in [2.24, 2.45) is 5.41 Å². The fourth-order valence-electron chi connectivity index (χ4n) is 10.7. The number of fused-ring (bicyclic) bond motifs is 3. The standard InChI is InChI=1S/C46H46FN5O6/c47-32-6-1-27(2-7-32)35-11-5-29-19-34(53)10-12-36(29)42(35)28-3-8-33(9-4-28)50-17-15-46(16-18-50)25-51(26-46)41(55)24-49-22-30-20-37-38(21-31(30)23-49)45(58)52(44(37)57)39-13-14-40(54)48-43(39)56/h1-4,6-10,12,19-21,35,39,42,44,53,57H,5,11,13-18,22-26H2,(H,48,54,56)/t35-,39?,42+,44?/m1/s1. The first kappa shape index (κ1) is 36.7. The van der Waals surface area contributed by atoms with Crippen molar-refractivity contribution in [3.8, 4) is 5.75 Å². The van der Waals surface area contributed by atoms with E-state index in [0.29, 0.717) is 24.2 Å². The summed E-state index contributed by atoms with van der Waals surface area (Å²) < 4.78 is 13.9. The Morgan fingerprint density at radius 3 is 2.24 bits per heavy atom. The molecule has 0 aromatic heterocycles. The summed E-state index contributed by atoms with van der Waals surface area (Å²) in [7, 11) is 0. The number of nitrogens with zero attached hydrogens (tertiary/aromatic N) is 4. The number of carbonyl (C=O) groups excluding carboxylic acids is 4. The van der Waals surface area contributed by atoms with Crippen LogP contribution in [0, 0.1) is 11.2 Å². The topological polar surface area (TPSA) is 134 Å². The highest BCUT2D eigenvalue weighted by atomic mass is 19.1. The van der Waals surface area contributed by atoms with Crippen LogP contribution < -0.4 is 10.2 Å². The van der Waals surface area contributed by atoms with Crippen LogP contribution in [-0.2, 0) is 33.9 Å². The van der Waals surface area contributed by atoms with Gasteiger partial charge in [0.1, 0.15) is 17.6 Å². The molecule has 12 heteroatoms. The molecule has 4 atom stereocenters. The van der Waals surface area contributed by atoms with Crippen molar-refractivity contribution in [3.05, 3.63) is 129 Å². The summed E-state index contributed by atoms with van der Waals surface area (Å²) in [4.78, 5) is 58.7. The molecule has 5 aliphatic heterocycles. The number of phenolic OH excluding ortho intramolecular Hbond substituents is 1. The molecule has 0 bridgehead atoms. The summed E-state index contributed by atoms with van der Waals surface area (Å²) >= 11 is 0. The molecule has 4 aromatic rings. The predicted molar refractivity (Wildman–Crippen MR) is 212 cm³/mol. The van der Waals surface area contributed by atoms with Crippen molar-refractivity contribution in [3.63, 3.8) is 0 Å². The van der Waals surface area contributed by atoms with E-state index in [2.05, 4.69) is 39.4 Å². The molecule has 1 aliphatic carbocycles. The van der Waals surface area contributed by atoms with Crippen LogP contribution in [0.1, 0.15) is 99.5 Å². The minimum Gasteiger partial charge on any atom is -0.508 e. The van der Waals surface area contributed by atoms with E-state index in [4.69, 9.17) is 0 Å². The molecule has 4 aromatic carbocycles. The van der Waals surface area contributed by atoms with Crippen molar-refractivity contribution in [1.82, 2.24) is 20.0 Å². The second-order valence-corrected chi connectivity index (χ2v) is 17.3. The minimum absolute atomic E-state index is 0.0948. The Labute approximate surface area is 336 Å². The number of likely N-dealkylation sites (tertiary alicyclic amines) is 1. The van der Waals surface area contributed by atoms with Crippen LogP contribution in [0.25, 0.3) is 0 Å². The van der Waals surface area contributed by atoms with E-state index in [1.54, 1.807) is 24.3 Å². The van der Waals surface area contributed by atoms with Gasteiger partial charge in [0.05, 0.1) is 6.54 Å². The molecule has 4 amide bonds. The summed E-state index contributed by atoms with van der Waals surface area (Å²) in [5.74, 6) is -0.935. The molecule has 0 radical (unpaired) electrons. The Morgan fingerprint density at radius 2 is 1.52 bits per heavy atom. The number of aromatic hydroxyl groups is 1. The van der Waals surface area contributed by atoms with Crippen molar-refractivity contribution in [1.29, 1.82) is 0 Å². The number of imide groups is 1. The molecule has 298 valence electrons. The van der Waals surface area contributed by atoms with E-state index < -0.39 is 24.1 Å². The number of hydrogen-bond donors (Lipinski definition) is 3. The lowest BCUT2D eigenvalue weighted by Crippen LogP contribution is -2.63. The first-order valence-corrected chi connectivity index (χ1v) is 20.4. The van der Waals surface area contributed by atoms with Crippen LogP contribution in [0.4, 0.5) is 10.1 Å². The number of phenols is 1. The molecule has 3 fully saturated rings. The number of aliphatic hydroxyl groups excluding tert-OH is 1. The number of amides is 4. The number of benzene rings is 4. The molecule has 11 nitrogen and oxygen atoms in total. The first-order chi connectivity index (χ1) is 28.0. The van der Waals surface area contributed by atoms with Gasteiger partial charge in [-0.15, -0.1) is 0 Å². The second kappa shape index (κ2) is 14.1. The third kappa shape index (κ3) is 6.33. The van der Waals surface area contributed by atoms with E-state index in [0.717, 1.165) is 74.1 Å². The fourth-order valence-corrected chi connectivity index (χ4v) is 10.7. The van der Waals surface area contributed by atoms with Crippen LogP contribution in [-0.4, -0.2) is 87.3 Å². The highest BCUT2D eigenvalue weighted by Gasteiger charge is 2.48. The van der Waals surface area contributed by atoms with Crippen molar-refractivity contribution in [2.45, 2.75) is 75.7 Å². The Bertz CT molecular complexity index is 2330. The molecule has 0 saturated carbocycles. The SMILES string of the molecule is O=C1CCC(N2C(=O)c3cc4c(cc3C2O)CN(CC(=O)N2CC3(CCN(c5ccc([C@@H]6c7ccc(O)cc7CC[C@@H]6c6ccc(F)cc6)cc5)CC3)C2)C4)C(=O)N1. The van der Waals surface area contributed by atoms with Gasteiger partial charge >= 0.3 is 0 Å². The van der Waals surface area contributed by atoms with E-state index >= 15 is 0 Å². The molecule has 5 heterocycles. The normalized spacial score (nSPS) is 25.0. The molecule has 2 unspecified atom stereocenters. The average Bonchev–Trinajstić information content (AvgIpc) is 3.71. The predicted octanol–water partition coefficient (Wildman–Crippen LogP) is 5.09. The zero-order valence-electron chi connectivity index (χ0n) is 32.2. The molecule has 6 aliphatic rings. The highest BCUT2D eigenvalue weighted by Crippen LogP contribution is 2.48. The van der Waals surface area contributed by atoms with Crippen molar-refractivity contribution in [2.75, 3.05) is 37.6 Å².